The molecule has 1 atom stereocenters. The van der Waals surface area contributed by atoms with E-state index in [2.05, 4.69) is 53.1 Å². The lowest BCUT2D eigenvalue weighted by Crippen LogP contribution is -2.55. The Kier molecular flexibility index (Phi) is 6.41. The number of carbonyl (C=O) groups is 1. The van der Waals surface area contributed by atoms with E-state index >= 15 is 0 Å². The molecule has 156 valence electrons. The van der Waals surface area contributed by atoms with Gasteiger partial charge >= 0.3 is 0 Å². The summed E-state index contributed by atoms with van der Waals surface area (Å²) in [6.45, 7) is 7.96. The van der Waals surface area contributed by atoms with Crippen LogP contribution in [0.2, 0.25) is 0 Å². The summed E-state index contributed by atoms with van der Waals surface area (Å²) >= 11 is 0. The molecule has 0 aliphatic carbocycles. The van der Waals surface area contributed by atoms with E-state index in [-0.39, 0.29) is 16.3 Å². The van der Waals surface area contributed by atoms with E-state index < -0.39 is 16.1 Å². The van der Waals surface area contributed by atoms with E-state index in [1.54, 1.807) is 25.1 Å². The minimum absolute atomic E-state index is 0.145. The van der Waals surface area contributed by atoms with Crippen molar-refractivity contribution in [3.8, 4) is 0 Å². The van der Waals surface area contributed by atoms with E-state index in [0.717, 1.165) is 19.5 Å². The maximum Gasteiger partial charge on any atom is 0.241 e. The second kappa shape index (κ2) is 8.65. The maximum atomic E-state index is 12.5. The first-order chi connectivity index (χ1) is 13.7. The SMILES string of the molecule is C[C@@H](NS(=O)(=O)c1ccccc1)C(=O)NCC(C)(C)N1CCc2ccccc2C1. The Hall–Kier alpha value is -2.22. The predicted octanol–water partition coefficient (Wildman–Crippen LogP) is 2.31. The zero-order valence-electron chi connectivity index (χ0n) is 17.2. The van der Waals surface area contributed by atoms with Crippen molar-refractivity contribution in [2.75, 3.05) is 13.1 Å². The summed E-state index contributed by atoms with van der Waals surface area (Å²) in [7, 11) is -3.73. The van der Waals surface area contributed by atoms with E-state index in [1.165, 1.54) is 23.3 Å². The molecule has 0 aromatic heterocycles. The highest BCUT2D eigenvalue weighted by Gasteiger charge is 2.31. The lowest BCUT2D eigenvalue weighted by molar-refractivity contribution is -0.123. The molecule has 7 heteroatoms. The Morgan fingerprint density at radius 2 is 1.69 bits per heavy atom. The quantitative estimate of drug-likeness (QED) is 0.727. The van der Waals surface area contributed by atoms with Gasteiger partial charge in [-0.3, -0.25) is 9.69 Å². The van der Waals surface area contributed by atoms with Gasteiger partial charge in [0.05, 0.1) is 10.9 Å². The number of fused-ring (bicyclic) bond motifs is 1. The molecule has 29 heavy (non-hydrogen) atoms. The van der Waals surface area contributed by atoms with Crippen LogP contribution in [0.15, 0.2) is 59.5 Å². The van der Waals surface area contributed by atoms with Crippen LogP contribution in [0.4, 0.5) is 0 Å². The number of carbonyl (C=O) groups excluding carboxylic acids is 1. The zero-order valence-corrected chi connectivity index (χ0v) is 18.0. The van der Waals surface area contributed by atoms with Gasteiger partial charge in [0.25, 0.3) is 0 Å². The van der Waals surface area contributed by atoms with Crippen LogP contribution >= 0.6 is 0 Å². The first-order valence-electron chi connectivity index (χ1n) is 9.86. The summed E-state index contributed by atoms with van der Waals surface area (Å²) in [6.07, 6.45) is 0.987. The highest BCUT2D eigenvalue weighted by atomic mass is 32.2. The van der Waals surface area contributed by atoms with Crippen LogP contribution < -0.4 is 10.0 Å². The highest BCUT2D eigenvalue weighted by Crippen LogP contribution is 2.25. The number of nitrogens with zero attached hydrogens (tertiary/aromatic N) is 1. The van der Waals surface area contributed by atoms with Gasteiger partial charge in [0.1, 0.15) is 0 Å². The number of rotatable bonds is 7. The van der Waals surface area contributed by atoms with Crippen LogP contribution in [0.25, 0.3) is 0 Å². The Labute approximate surface area is 173 Å². The van der Waals surface area contributed by atoms with Crippen molar-refractivity contribution in [2.45, 2.75) is 50.2 Å². The number of nitrogens with one attached hydrogen (secondary N) is 2. The molecule has 0 saturated carbocycles. The smallest absolute Gasteiger partial charge is 0.241 e. The molecule has 2 aromatic carbocycles. The van der Waals surface area contributed by atoms with Crippen LogP contribution in [0, 0.1) is 0 Å². The second-order valence-electron chi connectivity index (χ2n) is 8.13. The van der Waals surface area contributed by atoms with Crippen molar-refractivity contribution in [3.05, 3.63) is 65.7 Å². The fourth-order valence-corrected chi connectivity index (χ4v) is 4.76. The Balaban J connectivity index is 1.57. The van der Waals surface area contributed by atoms with Crippen LogP contribution in [-0.4, -0.2) is 43.9 Å². The first kappa shape index (κ1) is 21.5. The van der Waals surface area contributed by atoms with Crippen molar-refractivity contribution in [2.24, 2.45) is 0 Å². The van der Waals surface area contributed by atoms with Crippen molar-refractivity contribution in [3.63, 3.8) is 0 Å². The van der Waals surface area contributed by atoms with Gasteiger partial charge in [-0.05, 0) is 50.5 Å². The predicted molar refractivity (Wildman–Crippen MR) is 114 cm³/mol. The van der Waals surface area contributed by atoms with E-state index in [1.807, 2.05) is 0 Å². The summed E-state index contributed by atoms with van der Waals surface area (Å²) < 4.78 is 27.3. The Bertz CT molecular complexity index is 958. The summed E-state index contributed by atoms with van der Waals surface area (Å²) in [6, 6.07) is 15.6. The third kappa shape index (κ3) is 5.23. The van der Waals surface area contributed by atoms with Crippen LogP contribution in [-0.2, 0) is 27.8 Å². The third-order valence-electron chi connectivity index (χ3n) is 5.46. The van der Waals surface area contributed by atoms with Crippen molar-refractivity contribution in [1.82, 2.24) is 14.9 Å². The summed E-state index contributed by atoms with van der Waals surface area (Å²) in [4.78, 5) is 15.0. The molecule has 0 saturated heterocycles. The van der Waals surface area contributed by atoms with Gasteiger partial charge in [-0.1, -0.05) is 42.5 Å². The van der Waals surface area contributed by atoms with Gasteiger partial charge < -0.3 is 5.32 Å². The van der Waals surface area contributed by atoms with Gasteiger partial charge in [-0.25, -0.2) is 8.42 Å². The molecule has 6 nitrogen and oxygen atoms in total. The number of hydrogen-bond donors (Lipinski definition) is 2. The number of benzene rings is 2. The van der Waals surface area contributed by atoms with Gasteiger partial charge in [-0.2, -0.15) is 4.72 Å². The highest BCUT2D eigenvalue weighted by molar-refractivity contribution is 7.89. The molecule has 0 spiro atoms. The Morgan fingerprint density at radius 1 is 1.07 bits per heavy atom. The molecule has 0 unspecified atom stereocenters. The fourth-order valence-electron chi connectivity index (χ4n) is 3.53. The average Bonchev–Trinajstić information content (AvgIpc) is 2.72. The van der Waals surface area contributed by atoms with E-state index in [9.17, 15) is 13.2 Å². The van der Waals surface area contributed by atoms with Crippen LogP contribution in [0.3, 0.4) is 0 Å². The lowest BCUT2D eigenvalue weighted by atomic mass is 9.94. The zero-order chi connectivity index (χ0) is 21.1. The molecular formula is C22H29N3O3S. The molecule has 2 N–H and O–H groups in total. The molecule has 3 rings (SSSR count). The number of sulfonamides is 1. The monoisotopic (exact) mass is 415 g/mol. The minimum Gasteiger partial charge on any atom is -0.353 e. The maximum absolute atomic E-state index is 12.5. The fraction of sp³-hybridized carbons (Fsp3) is 0.409. The molecule has 1 aliphatic rings. The molecule has 0 fully saturated rings. The van der Waals surface area contributed by atoms with Crippen molar-refractivity contribution in [1.29, 1.82) is 0 Å². The molecular weight excluding hydrogens is 386 g/mol. The normalized spacial score (nSPS) is 16.1. The lowest BCUT2D eigenvalue weighted by Gasteiger charge is -2.41. The van der Waals surface area contributed by atoms with Gasteiger partial charge in [-0.15, -0.1) is 0 Å². The standard InChI is InChI=1S/C22H29N3O3S/c1-17(24-29(27,28)20-11-5-4-6-12-20)21(26)23-16-22(2,3)25-14-13-18-9-7-8-10-19(18)15-25/h4-12,17,24H,13-16H2,1-3H3,(H,23,26)/t17-/m1/s1. The van der Waals surface area contributed by atoms with E-state index in [0.29, 0.717) is 6.54 Å². The molecule has 1 amide bonds. The van der Waals surface area contributed by atoms with E-state index in [4.69, 9.17) is 0 Å². The summed E-state index contributed by atoms with van der Waals surface area (Å²) in [5.41, 5.74) is 2.45. The number of hydrogen-bond acceptors (Lipinski definition) is 4. The van der Waals surface area contributed by atoms with Gasteiger partial charge in [0, 0.05) is 25.2 Å². The Morgan fingerprint density at radius 3 is 2.38 bits per heavy atom. The average molecular weight is 416 g/mol. The third-order valence-corrected chi connectivity index (χ3v) is 7.02. The first-order valence-corrected chi connectivity index (χ1v) is 11.3. The molecule has 1 heterocycles. The van der Waals surface area contributed by atoms with Crippen LogP contribution in [0.1, 0.15) is 31.9 Å². The molecule has 0 radical (unpaired) electrons. The molecule has 0 bridgehead atoms. The van der Waals surface area contributed by atoms with Crippen molar-refractivity contribution >= 4 is 15.9 Å². The number of amides is 1. The van der Waals surface area contributed by atoms with Gasteiger partial charge in [0.2, 0.25) is 15.9 Å². The second-order valence-corrected chi connectivity index (χ2v) is 9.84. The summed E-state index contributed by atoms with van der Waals surface area (Å²) in [5, 5.41) is 2.91. The molecule has 1 aliphatic heterocycles. The topological polar surface area (TPSA) is 78.5 Å². The minimum atomic E-state index is -3.73. The van der Waals surface area contributed by atoms with Gasteiger partial charge in [0.15, 0.2) is 0 Å². The molecule has 2 aromatic rings. The largest absolute Gasteiger partial charge is 0.353 e. The summed E-state index contributed by atoms with van der Waals surface area (Å²) in [5.74, 6) is -0.338. The van der Waals surface area contributed by atoms with Crippen LogP contribution in [0.5, 0.6) is 0 Å². The van der Waals surface area contributed by atoms with Crippen molar-refractivity contribution < 1.29 is 13.2 Å².